The number of ether oxygens (including phenoxy) is 1. The van der Waals surface area contributed by atoms with Gasteiger partial charge in [0, 0.05) is 25.4 Å². The van der Waals surface area contributed by atoms with E-state index in [2.05, 4.69) is 33.4 Å². The second kappa shape index (κ2) is 5.75. The lowest BCUT2D eigenvalue weighted by Gasteiger charge is -2.28. The van der Waals surface area contributed by atoms with Crippen LogP contribution in [0.2, 0.25) is 0 Å². The zero-order valence-corrected chi connectivity index (χ0v) is 13.7. The highest BCUT2D eigenvalue weighted by molar-refractivity contribution is 9.10. The number of fused-ring (bicyclic) bond motifs is 2. The van der Waals surface area contributed by atoms with Gasteiger partial charge in [-0.2, -0.15) is 5.10 Å². The zero-order chi connectivity index (χ0) is 14.3. The Hall–Kier alpha value is -0.430. The second-order valence-electron chi connectivity index (χ2n) is 5.94. The van der Waals surface area contributed by atoms with Crippen molar-refractivity contribution in [2.75, 3.05) is 0 Å². The highest BCUT2D eigenvalue weighted by atomic mass is 79.9. The van der Waals surface area contributed by atoms with Crippen LogP contribution in [0.4, 0.5) is 0 Å². The zero-order valence-electron chi connectivity index (χ0n) is 12.1. The van der Waals surface area contributed by atoms with E-state index in [4.69, 9.17) is 10.6 Å². The van der Waals surface area contributed by atoms with Crippen molar-refractivity contribution in [3.63, 3.8) is 0 Å². The summed E-state index contributed by atoms with van der Waals surface area (Å²) in [5.74, 6) is 6.34. The minimum absolute atomic E-state index is 0.252. The van der Waals surface area contributed by atoms with Crippen LogP contribution >= 0.6 is 15.9 Å². The Balaban J connectivity index is 1.77. The SMILES string of the molecule is CCc1nn(C)c(CC(NN)C2CC3CCC2O3)c1Br. The number of hydrogen-bond acceptors (Lipinski definition) is 4. The molecule has 2 fully saturated rings. The van der Waals surface area contributed by atoms with Gasteiger partial charge in [0.2, 0.25) is 0 Å². The number of aryl methyl sites for hydroxylation is 2. The fourth-order valence-electron chi connectivity index (χ4n) is 3.68. The van der Waals surface area contributed by atoms with Gasteiger partial charge in [-0.25, -0.2) is 0 Å². The third kappa shape index (κ3) is 2.43. The van der Waals surface area contributed by atoms with E-state index >= 15 is 0 Å². The van der Waals surface area contributed by atoms with Crippen LogP contribution in [0.25, 0.3) is 0 Å². The van der Waals surface area contributed by atoms with Crippen LogP contribution in [0.3, 0.4) is 0 Å². The number of hydrazine groups is 1. The topological polar surface area (TPSA) is 65.1 Å². The third-order valence-corrected chi connectivity index (χ3v) is 5.72. The molecule has 0 aromatic carbocycles. The third-order valence-electron chi connectivity index (χ3n) is 4.80. The molecule has 1 aromatic heterocycles. The molecule has 4 unspecified atom stereocenters. The van der Waals surface area contributed by atoms with Crippen LogP contribution < -0.4 is 11.3 Å². The second-order valence-corrected chi connectivity index (χ2v) is 6.73. The van der Waals surface area contributed by atoms with Gasteiger partial charge in [-0.3, -0.25) is 16.0 Å². The summed E-state index contributed by atoms with van der Waals surface area (Å²) in [7, 11) is 2.00. The van der Waals surface area contributed by atoms with Gasteiger partial charge < -0.3 is 4.74 Å². The molecule has 20 heavy (non-hydrogen) atoms. The van der Waals surface area contributed by atoms with Gasteiger partial charge in [0.05, 0.1) is 28.1 Å². The maximum atomic E-state index is 5.96. The van der Waals surface area contributed by atoms with Gasteiger partial charge in [-0.15, -0.1) is 0 Å². The standard InChI is InChI=1S/C14H23BrN4O/c1-3-10-14(15)12(19(2)18-10)7-11(17-16)9-6-8-4-5-13(9)20-8/h8-9,11,13,17H,3-7,16H2,1-2H3. The van der Waals surface area contributed by atoms with E-state index in [0.717, 1.165) is 29.4 Å². The summed E-state index contributed by atoms with van der Waals surface area (Å²) in [6.45, 7) is 2.12. The number of nitrogens with zero attached hydrogens (tertiary/aromatic N) is 2. The Morgan fingerprint density at radius 1 is 1.55 bits per heavy atom. The quantitative estimate of drug-likeness (QED) is 0.631. The lowest BCUT2D eigenvalue weighted by Crippen LogP contribution is -2.46. The molecule has 2 aliphatic heterocycles. The lowest BCUT2D eigenvalue weighted by atomic mass is 9.82. The van der Waals surface area contributed by atoms with Gasteiger partial charge >= 0.3 is 0 Å². The summed E-state index contributed by atoms with van der Waals surface area (Å²) in [4.78, 5) is 0. The lowest BCUT2D eigenvalue weighted by molar-refractivity contribution is 0.0855. The maximum Gasteiger partial charge on any atom is 0.0766 e. The Morgan fingerprint density at radius 2 is 2.35 bits per heavy atom. The van der Waals surface area contributed by atoms with Gasteiger partial charge in [0.1, 0.15) is 0 Å². The van der Waals surface area contributed by atoms with Crippen LogP contribution in [0.5, 0.6) is 0 Å². The van der Waals surface area contributed by atoms with Crippen molar-refractivity contribution < 1.29 is 4.74 Å². The Bertz CT molecular complexity index is 490. The molecule has 6 heteroatoms. The normalized spacial score (nSPS) is 30.1. The van der Waals surface area contributed by atoms with E-state index in [9.17, 15) is 0 Å². The van der Waals surface area contributed by atoms with Crippen LogP contribution in [0.1, 0.15) is 37.6 Å². The van der Waals surface area contributed by atoms with Crippen molar-refractivity contribution in [3.05, 3.63) is 15.9 Å². The number of nitrogens with two attached hydrogens (primary N) is 1. The molecule has 0 aliphatic carbocycles. The number of aromatic nitrogens is 2. The summed E-state index contributed by atoms with van der Waals surface area (Å²) in [5, 5.41) is 4.56. The molecule has 0 amide bonds. The highest BCUT2D eigenvalue weighted by Gasteiger charge is 2.44. The molecular formula is C14H23BrN4O. The molecule has 0 saturated carbocycles. The number of nitrogens with one attached hydrogen (secondary N) is 1. The Labute approximate surface area is 128 Å². The van der Waals surface area contributed by atoms with Gasteiger partial charge in [-0.05, 0) is 41.6 Å². The van der Waals surface area contributed by atoms with Crippen LogP contribution in [-0.4, -0.2) is 28.0 Å². The van der Waals surface area contributed by atoms with Crippen molar-refractivity contribution in [1.82, 2.24) is 15.2 Å². The van der Waals surface area contributed by atoms with Crippen LogP contribution in [0.15, 0.2) is 4.47 Å². The van der Waals surface area contributed by atoms with Crippen LogP contribution in [-0.2, 0) is 24.6 Å². The van der Waals surface area contributed by atoms with E-state index in [1.54, 1.807) is 0 Å². The van der Waals surface area contributed by atoms with E-state index in [1.165, 1.54) is 18.5 Å². The molecular weight excluding hydrogens is 320 g/mol. The summed E-state index contributed by atoms with van der Waals surface area (Å²) in [6.07, 6.45) is 6.20. The molecule has 5 nitrogen and oxygen atoms in total. The molecule has 4 atom stereocenters. The Kier molecular flexibility index (Phi) is 4.17. The van der Waals surface area contributed by atoms with Crippen molar-refractivity contribution in [2.24, 2.45) is 18.8 Å². The fraction of sp³-hybridized carbons (Fsp3) is 0.786. The fourth-order valence-corrected chi connectivity index (χ4v) is 4.46. The molecule has 3 rings (SSSR count). The number of halogens is 1. The van der Waals surface area contributed by atoms with E-state index in [-0.39, 0.29) is 6.04 Å². The van der Waals surface area contributed by atoms with Gasteiger partial charge in [0.25, 0.3) is 0 Å². The van der Waals surface area contributed by atoms with E-state index in [0.29, 0.717) is 18.1 Å². The average Bonchev–Trinajstić information content (AvgIpc) is 3.13. The first-order valence-electron chi connectivity index (χ1n) is 7.45. The molecule has 3 N–H and O–H groups in total. The first kappa shape index (κ1) is 14.5. The van der Waals surface area contributed by atoms with Crippen LogP contribution in [0, 0.1) is 5.92 Å². The molecule has 2 bridgehead atoms. The molecule has 0 radical (unpaired) electrons. The molecule has 112 valence electrons. The number of hydrogen-bond donors (Lipinski definition) is 2. The monoisotopic (exact) mass is 342 g/mol. The van der Waals surface area contributed by atoms with E-state index < -0.39 is 0 Å². The summed E-state index contributed by atoms with van der Waals surface area (Å²) < 4.78 is 9.07. The summed E-state index contributed by atoms with van der Waals surface area (Å²) in [5.41, 5.74) is 5.35. The minimum Gasteiger partial charge on any atom is -0.375 e. The molecule has 2 aliphatic rings. The Morgan fingerprint density at radius 3 is 2.85 bits per heavy atom. The van der Waals surface area contributed by atoms with E-state index in [1.807, 2.05) is 11.7 Å². The predicted molar refractivity (Wildman–Crippen MR) is 81.1 cm³/mol. The minimum atomic E-state index is 0.252. The van der Waals surface area contributed by atoms with Crippen molar-refractivity contribution in [3.8, 4) is 0 Å². The maximum absolute atomic E-state index is 5.96. The first-order valence-corrected chi connectivity index (χ1v) is 8.25. The summed E-state index contributed by atoms with van der Waals surface area (Å²) in [6, 6.07) is 0.252. The molecule has 1 aromatic rings. The van der Waals surface area contributed by atoms with Crippen molar-refractivity contribution >= 4 is 15.9 Å². The summed E-state index contributed by atoms with van der Waals surface area (Å²) >= 11 is 3.69. The molecule has 3 heterocycles. The predicted octanol–water partition coefficient (Wildman–Crippen LogP) is 1.69. The average molecular weight is 343 g/mol. The highest BCUT2D eigenvalue weighted by Crippen LogP contribution is 2.41. The molecule has 0 spiro atoms. The smallest absolute Gasteiger partial charge is 0.0766 e. The molecule has 2 saturated heterocycles. The largest absolute Gasteiger partial charge is 0.375 e. The van der Waals surface area contributed by atoms with Gasteiger partial charge in [0.15, 0.2) is 0 Å². The number of rotatable bonds is 5. The van der Waals surface area contributed by atoms with Crippen molar-refractivity contribution in [2.45, 2.75) is 57.3 Å². The van der Waals surface area contributed by atoms with Crippen molar-refractivity contribution in [1.29, 1.82) is 0 Å². The van der Waals surface area contributed by atoms with Gasteiger partial charge in [-0.1, -0.05) is 6.92 Å². The first-order chi connectivity index (χ1) is 9.63.